The third-order valence-corrected chi connectivity index (χ3v) is 11.4. The van der Waals surface area contributed by atoms with Crippen LogP contribution in [0.4, 0.5) is 34.1 Å². The first kappa shape index (κ1) is 46.6. The van der Waals surface area contributed by atoms with Crippen molar-refractivity contribution in [3.8, 4) is 23.0 Å². The molecule has 1 atom stereocenters. The Hall–Kier alpha value is -6.85. The zero-order valence-corrected chi connectivity index (χ0v) is 35.4. The highest BCUT2D eigenvalue weighted by Gasteiger charge is 2.35. The summed E-state index contributed by atoms with van der Waals surface area (Å²) in [5.41, 5.74) is -0.966. The van der Waals surface area contributed by atoms with E-state index in [0.717, 1.165) is 35.3 Å². The van der Waals surface area contributed by atoms with Gasteiger partial charge in [0, 0.05) is 23.6 Å². The Morgan fingerprint density at radius 1 is 0.688 bits per heavy atom. The van der Waals surface area contributed by atoms with E-state index in [0.29, 0.717) is 0 Å². The minimum Gasteiger partial charge on any atom is -0.505 e. The number of hydrogen-bond acceptors (Lipinski definition) is 20. The molecule has 0 spiro atoms. The van der Waals surface area contributed by atoms with E-state index in [2.05, 4.69) is 35.8 Å². The molecule has 0 radical (unpaired) electrons. The normalized spacial score (nSPS) is 14.9. The third-order valence-electron chi connectivity index (χ3n) is 8.78. The van der Waals surface area contributed by atoms with Gasteiger partial charge in [0.2, 0.25) is 0 Å². The molecule has 1 aliphatic rings. The monoisotopic (exact) mass is 942 g/mol. The average Bonchev–Trinajstić information content (AvgIpc) is 3.53. The van der Waals surface area contributed by atoms with E-state index < -0.39 is 81.6 Å². The molecule has 1 aliphatic heterocycles. The summed E-state index contributed by atoms with van der Waals surface area (Å²) in [5.74, 6) is -1.68. The van der Waals surface area contributed by atoms with Crippen molar-refractivity contribution in [3.05, 3.63) is 78.9 Å². The summed E-state index contributed by atoms with van der Waals surface area (Å²) in [6, 6.07) is 14.3. The Balaban J connectivity index is 1.34. The van der Waals surface area contributed by atoms with Crippen LogP contribution in [0.5, 0.6) is 23.0 Å². The van der Waals surface area contributed by atoms with E-state index in [-0.39, 0.29) is 75.4 Å². The number of methoxy groups -OCH3 is 1. The van der Waals surface area contributed by atoms with Crippen molar-refractivity contribution >= 4 is 86.9 Å². The van der Waals surface area contributed by atoms with Gasteiger partial charge in [-0.05, 0) is 73.0 Å². The van der Waals surface area contributed by atoms with Crippen LogP contribution in [-0.4, -0.2) is 105 Å². The van der Waals surface area contributed by atoms with E-state index in [9.17, 15) is 59.0 Å². The van der Waals surface area contributed by atoms with E-state index in [1.54, 1.807) is 0 Å². The second-order valence-corrected chi connectivity index (χ2v) is 17.3. The number of hydrazone groups is 1. The van der Waals surface area contributed by atoms with Crippen molar-refractivity contribution in [2.45, 2.75) is 27.7 Å². The van der Waals surface area contributed by atoms with E-state index >= 15 is 0 Å². The largest absolute Gasteiger partial charge is 0.505 e. The molecule has 0 saturated carbocycles. The van der Waals surface area contributed by atoms with Crippen LogP contribution in [0.15, 0.2) is 129 Å². The third kappa shape index (κ3) is 10.5. The van der Waals surface area contributed by atoms with Crippen LogP contribution in [0, 0.1) is 0 Å². The van der Waals surface area contributed by atoms with E-state index in [4.69, 9.17) is 14.2 Å². The number of azo groups is 3. The molecule has 64 heavy (non-hydrogen) atoms. The zero-order valence-electron chi connectivity index (χ0n) is 33.0. The van der Waals surface area contributed by atoms with Gasteiger partial charge < -0.3 is 29.5 Å². The maximum absolute atomic E-state index is 13.2. The zero-order chi connectivity index (χ0) is 46.6. The minimum absolute atomic E-state index is 0.00298. The van der Waals surface area contributed by atoms with Gasteiger partial charge in [0.05, 0.1) is 42.3 Å². The highest BCUT2D eigenvalue weighted by atomic mass is 32.2. The lowest BCUT2D eigenvalue weighted by molar-refractivity contribution is -0.117. The number of benzene rings is 5. The molecule has 6 N–H and O–H groups in total. The minimum atomic E-state index is -5.15. The van der Waals surface area contributed by atoms with Gasteiger partial charge >= 0.3 is 0 Å². The lowest BCUT2D eigenvalue weighted by Gasteiger charge is -2.13. The van der Waals surface area contributed by atoms with Gasteiger partial charge in [-0.3, -0.25) is 18.5 Å². The van der Waals surface area contributed by atoms with Gasteiger partial charge in [-0.15, -0.1) is 20.5 Å². The van der Waals surface area contributed by atoms with Crippen LogP contribution in [-0.2, 0) is 35.1 Å². The Labute approximate surface area is 362 Å². The van der Waals surface area contributed by atoms with Gasteiger partial charge in [0.1, 0.15) is 63.0 Å². The van der Waals surface area contributed by atoms with Crippen molar-refractivity contribution in [2.24, 2.45) is 35.8 Å². The van der Waals surface area contributed by atoms with Gasteiger partial charge in [-0.2, -0.15) is 45.6 Å². The summed E-state index contributed by atoms with van der Waals surface area (Å²) in [6.45, 7) is -0.130. The number of aromatic hydroxyl groups is 1. The van der Waals surface area contributed by atoms with Crippen molar-refractivity contribution in [1.29, 1.82) is 0 Å². The predicted molar refractivity (Wildman–Crippen MR) is 223 cm³/mol. The maximum atomic E-state index is 13.2. The first-order valence-electron chi connectivity index (χ1n) is 18.0. The summed E-state index contributed by atoms with van der Waals surface area (Å²) in [7, 11) is -13.2. The van der Waals surface area contributed by atoms with Gasteiger partial charge in [-0.1, -0.05) is 0 Å². The number of amides is 1. The summed E-state index contributed by atoms with van der Waals surface area (Å²) in [4.78, 5) is 11.2. The number of carbonyl (C=O) groups excluding carboxylic acids is 1. The second kappa shape index (κ2) is 18.9. The number of carbonyl (C=O) groups is 1. The fourth-order valence-electron chi connectivity index (χ4n) is 5.81. The fraction of sp³-hybridized carbons (Fsp3) is 0.189. The highest BCUT2D eigenvalue weighted by molar-refractivity contribution is 7.86. The molecule has 6 rings (SSSR count). The van der Waals surface area contributed by atoms with Gasteiger partial charge in [0.25, 0.3) is 36.3 Å². The lowest BCUT2D eigenvalue weighted by atomic mass is 10.1. The molecule has 5 aromatic rings. The molecule has 24 nitrogen and oxygen atoms in total. The molecule has 0 fully saturated rings. The number of aliphatic hydroxyl groups is 2. The van der Waals surface area contributed by atoms with Gasteiger partial charge in [-0.25, -0.2) is 0 Å². The summed E-state index contributed by atoms with van der Waals surface area (Å²) in [5, 5.41) is 59.5. The van der Waals surface area contributed by atoms with Crippen LogP contribution in [0.2, 0.25) is 0 Å². The van der Waals surface area contributed by atoms with Crippen LogP contribution < -0.4 is 19.2 Å². The Morgan fingerprint density at radius 2 is 1.28 bits per heavy atom. The maximum Gasteiger partial charge on any atom is 0.296 e. The molecule has 1 unspecified atom stereocenters. The van der Waals surface area contributed by atoms with Crippen molar-refractivity contribution in [1.82, 2.24) is 0 Å². The Morgan fingerprint density at radius 3 is 1.84 bits per heavy atom. The number of nitrogens with zero attached hydrogens (tertiary/aromatic N) is 8. The summed E-state index contributed by atoms with van der Waals surface area (Å²) >= 11 is 0. The number of hydrogen-bond donors (Lipinski definition) is 6. The number of phenols is 1. The molecular weight excluding hydrogens is 909 g/mol. The van der Waals surface area contributed by atoms with Crippen molar-refractivity contribution in [2.75, 3.05) is 38.5 Å². The number of rotatable bonds is 17. The lowest BCUT2D eigenvalue weighted by Crippen LogP contribution is -2.29. The number of anilines is 1. The van der Waals surface area contributed by atoms with E-state index in [1.165, 1.54) is 62.6 Å². The Kier molecular flexibility index (Phi) is 13.7. The number of ether oxygens (including phenoxy) is 3. The molecule has 27 heteroatoms. The molecule has 1 heterocycles. The standard InChI is InChI=1S/C37H34N8O16S3/c1-20-34(37(49)45(44-20)23-4-7-25(8-5-23)62(50,51)52)42-38-22-3-9-26-21(15-22)16-33(64(56,57)58)35(36(26)48)43-41-29-19-30(60-13-11-46)28(18-31(29)61-14-12-47)40-39-27-10-6-24(59-2)17-32(27)63(53,54)55/h3-10,15-19,34,46-48H,11-14H2,1-2H3,(H,50,51,52)(H,53,54,55)(H,56,57,58). The molecule has 1 amide bonds. The van der Waals surface area contributed by atoms with Crippen LogP contribution in [0.3, 0.4) is 0 Å². The van der Waals surface area contributed by atoms with Crippen molar-refractivity contribution < 1.29 is 73.2 Å². The first-order chi connectivity index (χ1) is 30.2. The van der Waals surface area contributed by atoms with Crippen molar-refractivity contribution in [3.63, 3.8) is 0 Å². The fourth-order valence-corrected chi connectivity index (χ4v) is 7.59. The smallest absolute Gasteiger partial charge is 0.296 e. The number of fused-ring (bicyclic) bond motifs is 1. The van der Waals surface area contributed by atoms with Crippen LogP contribution >= 0.6 is 0 Å². The molecule has 0 aromatic heterocycles. The molecule has 336 valence electrons. The first-order valence-corrected chi connectivity index (χ1v) is 22.3. The topological polar surface area (TPSA) is 358 Å². The quantitative estimate of drug-likeness (QED) is 0.0478. The van der Waals surface area contributed by atoms with Crippen LogP contribution in [0.25, 0.3) is 10.8 Å². The van der Waals surface area contributed by atoms with Gasteiger partial charge in [0.15, 0.2) is 11.8 Å². The predicted octanol–water partition coefficient (Wildman–Crippen LogP) is 5.74. The Bertz CT molecular complexity index is 3110. The molecule has 0 saturated heterocycles. The van der Waals surface area contributed by atoms with Crippen LogP contribution in [0.1, 0.15) is 6.92 Å². The number of aliphatic hydroxyl groups excluding tert-OH is 2. The molecule has 0 aliphatic carbocycles. The average molecular weight is 943 g/mol. The molecule has 0 bridgehead atoms. The van der Waals surface area contributed by atoms with E-state index in [1.807, 2.05) is 0 Å². The summed E-state index contributed by atoms with van der Waals surface area (Å²) < 4.78 is 118. The molecule has 5 aromatic carbocycles. The highest BCUT2D eigenvalue weighted by Crippen LogP contribution is 2.45. The SMILES string of the molecule is COc1ccc(N=Nc2cc(OCCO)c(N=Nc3c(S(=O)(=O)O)cc4cc(N=NC5C(=O)N(c6ccc(S(=O)(=O)O)cc6)N=C5C)ccc4c3O)cc2OCCO)c(S(=O)(=O)O)c1. The summed E-state index contributed by atoms with van der Waals surface area (Å²) in [6.07, 6.45) is 0. The second-order valence-electron chi connectivity index (χ2n) is 13.1. The molecular formula is C37H34N8O16S3. The number of phenolic OH excluding ortho intramolecular Hbond substituents is 1.